The number of hydrogen-bond acceptors (Lipinski definition) is 5. The van der Waals surface area contributed by atoms with Crippen LogP contribution in [0.25, 0.3) is 0 Å². The molecule has 3 rings (SSSR count). The lowest BCUT2D eigenvalue weighted by Gasteiger charge is -2.17. The predicted octanol–water partition coefficient (Wildman–Crippen LogP) is 2.55. The van der Waals surface area contributed by atoms with Gasteiger partial charge in [-0.05, 0) is 24.3 Å². The Morgan fingerprint density at radius 3 is 2.73 bits per heavy atom. The Labute approximate surface area is 147 Å². The first kappa shape index (κ1) is 18.0. The molecule has 138 valence electrons. The van der Waals surface area contributed by atoms with Gasteiger partial charge in [-0.15, -0.1) is 0 Å². The number of ether oxygens (including phenoxy) is 2. The lowest BCUT2D eigenvalue weighted by molar-refractivity contribution is -0.137. The molecule has 1 saturated heterocycles. The summed E-state index contributed by atoms with van der Waals surface area (Å²) in [5.41, 5.74) is -0.819. The van der Waals surface area contributed by atoms with E-state index in [-0.39, 0.29) is 30.4 Å². The van der Waals surface area contributed by atoms with Crippen LogP contribution in [0.1, 0.15) is 12.0 Å². The van der Waals surface area contributed by atoms with Gasteiger partial charge in [-0.1, -0.05) is 6.07 Å². The standard InChI is InChI=1S/C17H16F3N3O3/c18-17(19,20)12-3-1-4-13(9-12)25-11-15(24)23-8-5-14(10-23)26-16-21-6-2-7-22-16/h1-4,6-7,9,14H,5,8,10-11H2/t14-/m1/s1. The van der Waals surface area contributed by atoms with Crippen molar-refractivity contribution < 1.29 is 27.4 Å². The number of rotatable bonds is 5. The number of aromatic nitrogens is 2. The van der Waals surface area contributed by atoms with Crippen LogP contribution < -0.4 is 9.47 Å². The van der Waals surface area contributed by atoms with Gasteiger partial charge in [0.25, 0.3) is 5.91 Å². The second-order valence-electron chi connectivity index (χ2n) is 5.71. The summed E-state index contributed by atoms with van der Waals surface area (Å²) in [6, 6.07) is 6.35. The maximum atomic E-state index is 12.7. The van der Waals surface area contributed by atoms with Gasteiger partial charge in [0.1, 0.15) is 11.9 Å². The SMILES string of the molecule is O=C(COc1cccc(C(F)(F)F)c1)N1CC[C@@H](Oc2ncccn2)C1. The van der Waals surface area contributed by atoms with Crippen molar-refractivity contribution in [3.05, 3.63) is 48.3 Å². The normalized spacial score (nSPS) is 17.2. The first-order valence-corrected chi connectivity index (χ1v) is 7.93. The molecule has 26 heavy (non-hydrogen) atoms. The van der Waals surface area contributed by atoms with E-state index < -0.39 is 11.7 Å². The van der Waals surface area contributed by atoms with Gasteiger partial charge in [-0.2, -0.15) is 13.2 Å². The first-order chi connectivity index (χ1) is 12.4. The molecule has 9 heteroatoms. The average molecular weight is 367 g/mol. The molecule has 1 fully saturated rings. The van der Waals surface area contributed by atoms with Gasteiger partial charge in [0, 0.05) is 25.4 Å². The number of likely N-dealkylation sites (tertiary alicyclic amines) is 1. The van der Waals surface area contributed by atoms with E-state index in [0.29, 0.717) is 19.5 Å². The molecule has 0 aliphatic carbocycles. The zero-order valence-electron chi connectivity index (χ0n) is 13.6. The topological polar surface area (TPSA) is 64.5 Å². The summed E-state index contributed by atoms with van der Waals surface area (Å²) >= 11 is 0. The van der Waals surface area contributed by atoms with E-state index in [1.54, 1.807) is 23.4 Å². The third kappa shape index (κ3) is 4.62. The molecule has 1 atom stereocenters. The Morgan fingerprint density at radius 2 is 2.00 bits per heavy atom. The van der Waals surface area contributed by atoms with Gasteiger partial charge in [0.05, 0.1) is 12.1 Å². The lowest BCUT2D eigenvalue weighted by Crippen LogP contribution is -2.34. The fourth-order valence-electron chi connectivity index (χ4n) is 2.54. The van der Waals surface area contributed by atoms with E-state index in [0.717, 1.165) is 12.1 Å². The zero-order chi connectivity index (χ0) is 18.6. The van der Waals surface area contributed by atoms with Crippen molar-refractivity contribution >= 4 is 5.91 Å². The summed E-state index contributed by atoms with van der Waals surface area (Å²) in [6.45, 7) is 0.487. The summed E-state index contributed by atoms with van der Waals surface area (Å²) in [6.07, 6.45) is -0.947. The van der Waals surface area contributed by atoms with Crippen LogP contribution in [0.3, 0.4) is 0 Å². The number of benzene rings is 1. The molecule has 0 bridgehead atoms. The van der Waals surface area contributed by atoms with E-state index in [2.05, 4.69) is 9.97 Å². The number of amides is 1. The maximum Gasteiger partial charge on any atom is 0.416 e. The third-order valence-electron chi connectivity index (χ3n) is 3.84. The van der Waals surface area contributed by atoms with Crippen molar-refractivity contribution in [2.24, 2.45) is 0 Å². The smallest absolute Gasteiger partial charge is 0.416 e. The summed E-state index contributed by atoms with van der Waals surface area (Å²) in [5.74, 6) is -0.319. The molecular weight excluding hydrogens is 351 g/mol. The number of carbonyl (C=O) groups is 1. The molecule has 1 aliphatic heterocycles. The van der Waals surface area contributed by atoms with E-state index >= 15 is 0 Å². The Kier molecular flexibility index (Phi) is 5.24. The first-order valence-electron chi connectivity index (χ1n) is 7.93. The third-order valence-corrected chi connectivity index (χ3v) is 3.84. The Hall–Kier alpha value is -2.84. The minimum atomic E-state index is -4.46. The summed E-state index contributed by atoms with van der Waals surface area (Å²) in [7, 11) is 0. The van der Waals surface area contributed by atoms with E-state index in [1.165, 1.54) is 12.1 Å². The van der Waals surface area contributed by atoms with Crippen molar-refractivity contribution in [3.63, 3.8) is 0 Å². The largest absolute Gasteiger partial charge is 0.484 e. The molecule has 1 aromatic heterocycles. The van der Waals surface area contributed by atoms with Crippen LogP contribution in [-0.4, -0.2) is 46.6 Å². The minimum absolute atomic E-state index is 0.00198. The molecule has 0 radical (unpaired) electrons. The number of hydrogen-bond donors (Lipinski definition) is 0. The van der Waals surface area contributed by atoms with Gasteiger partial charge in [0.15, 0.2) is 6.61 Å². The number of carbonyl (C=O) groups excluding carboxylic acids is 1. The van der Waals surface area contributed by atoms with Gasteiger partial charge in [-0.25, -0.2) is 9.97 Å². The Balaban J connectivity index is 1.50. The van der Waals surface area contributed by atoms with Crippen molar-refractivity contribution in [3.8, 4) is 11.8 Å². The van der Waals surface area contributed by atoms with E-state index in [4.69, 9.17) is 9.47 Å². The van der Waals surface area contributed by atoms with Crippen molar-refractivity contribution in [2.45, 2.75) is 18.7 Å². The molecule has 1 aromatic carbocycles. The monoisotopic (exact) mass is 367 g/mol. The fraction of sp³-hybridized carbons (Fsp3) is 0.353. The fourth-order valence-corrected chi connectivity index (χ4v) is 2.54. The molecule has 6 nitrogen and oxygen atoms in total. The van der Waals surface area contributed by atoms with Gasteiger partial charge >= 0.3 is 12.2 Å². The van der Waals surface area contributed by atoms with Crippen LogP contribution >= 0.6 is 0 Å². The summed E-state index contributed by atoms with van der Waals surface area (Å²) in [4.78, 5) is 21.7. The van der Waals surface area contributed by atoms with Crippen molar-refractivity contribution in [1.29, 1.82) is 0 Å². The van der Waals surface area contributed by atoms with E-state index in [9.17, 15) is 18.0 Å². The van der Waals surface area contributed by atoms with Gasteiger partial charge in [0.2, 0.25) is 0 Å². The van der Waals surface area contributed by atoms with Crippen molar-refractivity contribution in [1.82, 2.24) is 14.9 Å². The Morgan fingerprint density at radius 1 is 1.23 bits per heavy atom. The number of alkyl halides is 3. The van der Waals surface area contributed by atoms with E-state index in [1.807, 2.05) is 0 Å². The molecule has 1 amide bonds. The highest BCUT2D eigenvalue weighted by molar-refractivity contribution is 5.78. The second-order valence-corrected chi connectivity index (χ2v) is 5.71. The molecular formula is C17H16F3N3O3. The van der Waals surface area contributed by atoms with Crippen LogP contribution in [-0.2, 0) is 11.0 Å². The Bertz CT molecular complexity index is 756. The van der Waals surface area contributed by atoms with Crippen LogP contribution in [0.5, 0.6) is 11.8 Å². The summed E-state index contributed by atoms with van der Waals surface area (Å²) < 4.78 is 48.8. The highest BCUT2D eigenvalue weighted by Crippen LogP contribution is 2.31. The van der Waals surface area contributed by atoms with Gasteiger partial charge in [-0.3, -0.25) is 4.79 Å². The molecule has 2 heterocycles. The van der Waals surface area contributed by atoms with Gasteiger partial charge < -0.3 is 14.4 Å². The van der Waals surface area contributed by atoms with Crippen molar-refractivity contribution in [2.75, 3.05) is 19.7 Å². The van der Waals surface area contributed by atoms with Crippen LogP contribution in [0.2, 0.25) is 0 Å². The zero-order valence-corrected chi connectivity index (χ0v) is 13.6. The number of nitrogens with zero attached hydrogens (tertiary/aromatic N) is 3. The highest BCUT2D eigenvalue weighted by atomic mass is 19.4. The number of halogens is 3. The van der Waals surface area contributed by atoms with Crippen LogP contribution in [0.15, 0.2) is 42.7 Å². The maximum absolute atomic E-state index is 12.7. The predicted molar refractivity (Wildman–Crippen MR) is 84.6 cm³/mol. The molecule has 0 N–H and O–H groups in total. The van der Waals surface area contributed by atoms with Crippen LogP contribution in [0.4, 0.5) is 13.2 Å². The molecule has 0 unspecified atom stereocenters. The summed E-state index contributed by atoms with van der Waals surface area (Å²) in [5, 5.41) is 0. The minimum Gasteiger partial charge on any atom is -0.484 e. The second kappa shape index (κ2) is 7.59. The lowest BCUT2D eigenvalue weighted by atomic mass is 10.2. The quantitative estimate of drug-likeness (QED) is 0.813. The molecule has 1 aliphatic rings. The highest BCUT2D eigenvalue weighted by Gasteiger charge is 2.31. The molecule has 0 saturated carbocycles. The average Bonchev–Trinajstić information content (AvgIpc) is 3.09. The molecule has 0 spiro atoms. The van der Waals surface area contributed by atoms with Crippen LogP contribution in [0, 0.1) is 0 Å². The molecule has 2 aromatic rings.